The van der Waals surface area contributed by atoms with Gasteiger partial charge in [-0.05, 0) is 45.4 Å². The summed E-state index contributed by atoms with van der Waals surface area (Å²) in [5.41, 5.74) is 2.27. The second-order valence-corrected chi connectivity index (χ2v) is 12.5. The number of hydrogen-bond acceptors (Lipinski definition) is 9. The van der Waals surface area contributed by atoms with E-state index in [9.17, 15) is 8.42 Å². The van der Waals surface area contributed by atoms with Crippen molar-refractivity contribution in [2.45, 2.75) is 32.7 Å². The number of imidazole rings is 1. The van der Waals surface area contributed by atoms with E-state index in [2.05, 4.69) is 40.7 Å². The van der Waals surface area contributed by atoms with Crippen LogP contribution in [0.5, 0.6) is 5.88 Å². The van der Waals surface area contributed by atoms with Crippen LogP contribution in [0.15, 0.2) is 41.1 Å². The van der Waals surface area contributed by atoms with Crippen LogP contribution in [0.4, 0.5) is 5.82 Å². The van der Waals surface area contributed by atoms with Crippen LogP contribution in [0.25, 0.3) is 28.1 Å². The van der Waals surface area contributed by atoms with Gasteiger partial charge in [-0.2, -0.15) is 0 Å². The molecule has 192 valence electrons. The van der Waals surface area contributed by atoms with Crippen LogP contribution in [0.1, 0.15) is 27.2 Å². The topological polar surface area (TPSA) is 106 Å². The number of furan rings is 1. The highest BCUT2D eigenvalue weighted by molar-refractivity contribution is 7.90. The molecule has 1 fully saturated rings. The number of ether oxygens (including phenoxy) is 1. The molecule has 0 N–H and O–H groups in total. The molecule has 5 heterocycles. The van der Waals surface area contributed by atoms with Crippen LogP contribution in [0, 0.1) is 0 Å². The van der Waals surface area contributed by atoms with E-state index in [4.69, 9.17) is 14.1 Å². The fourth-order valence-corrected chi connectivity index (χ4v) is 5.16. The van der Waals surface area contributed by atoms with E-state index in [-0.39, 0.29) is 17.9 Å². The van der Waals surface area contributed by atoms with E-state index in [1.807, 2.05) is 18.2 Å². The highest BCUT2D eigenvalue weighted by Gasteiger charge is 2.27. The van der Waals surface area contributed by atoms with Crippen LogP contribution < -0.4 is 9.64 Å². The summed E-state index contributed by atoms with van der Waals surface area (Å²) in [6, 6.07) is 7.41. The van der Waals surface area contributed by atoms with Gasteiger partial charge in [-0.3, -0.25) is 4.90 Å². The summed E-state index contributed by atoms with van der Waals surface area (Å²) in [6.45, 7) is 10.8. The van der Waals surface area contributed by atoms with E-state index in [1.54, 1.807) is 23.0 Å². The Bertz CT molecular complexity index is 1480. The summed E-state index contributed by atoms with van der Waals surface area (Å²) >= 11 is 0. The molecule has 10 nitrogen and oxygen atoms in total. The van der Waals surface area contributed by atoms with E-state index in [0.717, 1.165) is 43.0 Å². The van der Waals surface area contributed by atoms with Gasteiger partial charge in [-0.15, -0.1) is 5.10 Å². The fourth-order valence-electron chi connectivity index (χ4n) is 4.52. The lowest BCUT2D eigenvalue weighted by Crippen LogP contribution is -2.53. The number of hydrogen-bond donors (Lipinski definition) is 0. The minimum atomic E-state index is -3.02. The van der Waals surface area contributed by atoms with Crippen molar-refractivity contribution in [2.75, 3.05) is 49.7 Å². The summed E-state index contributed by atoms with van der Waals surface area (Å²) in [5.74, 6) is 2.03. The Morgan fingerprint density at radius 2 is 1.86 bits per heavy atom. The molecule has 0 unspecified atom stereocenters. The zero-order valence-electron chi connectivity index (χ0n) is 21.1. The van der Waals surface area contributed by atoms with E-state index < -0.39 is 9.84 Å². The first kappa shape index (κ1) is 24.5. The summed E-state index contributed by atoms with van der Waals surface area (Å²) in [5, 5.41) is 5.51. The maximum absolute atomic E-state index is 11.3. The Morgan fingerprint density at radius 3 is 2.58 bits per heavy atom. The maximum Gasteiger partial charge on any atom is 0.231 e. The molecule has 0 saturated carbocycles. The minimum Gasteiger partial charge on any atom is -0.477 e. The average molecular weight is 513 g/mol. The third-order valence-electron chi connectivity index (χ3n) is 6.45. The molecular formula is C25H32N6O4S. The van der Waals surface area contributed by atoms with Gasteiger partial charge in [0.15, 0.2) is 11.4 Å². The fraction of sp³-hybridized carbons (Fsp3) is 0.480. The SMILES string of the molecule is CC(C)(C)N1CCN(c2nccc3oc(-c4cnc5ccc(OCCCS(C)(=O)=O)nn45)cc23)CC1. The summed E-state index contributed by atoms with van der Waals surface area (Å²) in [6.07, 6.45) is 5.13. The van der Waals surface area contributed by atoms with Gasteiger partial charge in [0.1, 0.15) is 26.9 Å². The van der Waals surface area contributed by atoms with Crippen LogP contribution in [0.2, 0.25) is 0 Å². The molecule has 0 aromatic carbocycles. The van der Waals surface area contributed by atoms with Crippen LogP contribution in [0.3, 0.4) is 0 Å². The monoisotopic (exact) mass is 512 g/mol. The number of pyridine rings is 1. The van der Waals surface area contributed by atoms with Gasteiger partial charge < -0.3 is 14.1 Å². The number of rotatable bonds is 7. The molecule has 0 radical (unpaired) electrons. The van der Waals surface area contributed by atoms with Gasteiger partial charge >= 0.3 is 0 Å². The highest BCUT2D eigenvalue weighted by atomic mass is 32.2. The Hall–Kier alpha value is -3.18. The lowest BCUT2D eigenvalue weighted by Gasteiger charge is -2.42. The Balaban J connectivity index is 1.39. The summed E-state index contributed by atoms with van der Waals surface area (Å²) < 4.78 is 36.2. The first-order valence-electron chi connectivity index (χ1n) is 12.1. The third kappa shape index (κ3) is 5.17. The van der Waals surface area contributed by atoms with Crippen molar-refractivity contribution in [3.05, 3.63) is 36.7 Å². The van der Waals surface area contributed by atoms with Gasteiger partial charge in [0.05, 0.1) is 23.9 Å². The average Bonchev–Trinajstić information content (AvgIpc) is 3.44. The zero-order valence-corrected chi connectivity index (χ0v) is 22.0. The normalized spacial score (nSPS) is 15.7. The maximum atomic E-state index is 11.3. The molecule has 36 heavy (non-hydrogen) atoms. The van der Waals surface area contributed by atoms with Crippen molar-refractivity contribution in [1.82, 2.24) is 24.5 Å². The summed E-state index contributed by atoms with van der Waals surface area (Å²) in [4.78, 5) is 14.0. The third-order valence-corrected chi connectivity index (χ3v) is 7.48. The van der Waals surface area contributed by atoms with Gasteiger partial charge in [0.25, 0.3) is 0 Å². The first-order chi connectivity index (χ1) is 17.1. The summed E-state index contributed by atoms with van der Waals surface area (Å²) in [7, 11) is -3.02. The van der Waals surface area contributed by atoms with Crippen molar-refractivity contribution in [2.24, 2.45) is 0 Å². The van der Waals surface area contributed by atoms with Crippen molar-refractivity contribution >= 4 is 32.3 Å². The molecule has 1 aliphatic heterocycles. The van der Waals surface area contributed by atoms with Gasteiger partial charge in [-0.25, -0.2) is 22.9 Å². The van der Waals surface area contributed by atoms with Crippen molar-refractivity contribution < 1.29 is 17.6 Å². The Labute approximate surface area is 210 Å². The van der Waals surface area contributed by atoms with Gasteiger partial charge in [0, 0.05) is 50.2 Å². The molecule has 0 spiro atoms. The van der Waals surface area contributed by atoms with E-state index >= 15 is 0 Å². The standard InChI is InChI=1S/C25H32N6O4S/c1-25(2,3)30-12-10-29(11-13-30)24-18-16-21(35-20(18)8-9-26-24)19-17-27-22-6-7-23(28-31(19)22)34-14-5-15-36(4,32)33/h6-9,16-17H,5,10-15H2,1-4H3. The molecule has 0 amide bonds. The number of aromatic nitrogens is 4. The lowest BCUT2D eigenvalue weighted by atomic mass is 10.0. The predicted octanol–water partition coefficient (Wildman–Crippen LogP) is 3.27. The largest absolute Gasteiger partial charge is 0.477 e. The molecule has 0 atom stereocenters. The molecule has 1 saturated heterocycles. The van der Waals surface area contributed by atoms with Gasteiger partial charge in [0.2, 0.25) is 5.88 Å². The quantitative estimate of drug-likeness (QED) is 0.345. The van der Waals surface area contributed by atoms with Crippen LogP contribution in [-0.4, -0.2) is 83.2 Å². The molecule has 4 aromatic rings. The number of fused-ring (bicyclic) bond motifs is 2. The number of sulfone groups is 1. The van der Waals surface area contributed by atoms with E-state index in [0.29, 0.717) is 29.4 Å². The zero-order chi connectivity index (χ0) is 25.5. The van der Waals surface area contributed by atoms with Crippen LogP contribution >= 0.6 is 0 Å². The minimum absolute atomic E-state index is 0.0756. The lowest BCUT2D eigenvalue weighted by molar-refractivity contribution is 0.128. The smallest absolute Gasteiger partial charge is 0.231 e. The van der Waals surface area contributed by atoms with Crippen molar-refractivity contribution in [1.29, 1.82) is 0 Å². The molecule has 1 aliphatic rings. The van der Waals surface area contributed by atoms with Gasteiger partial charge in [-0.1, -0.05) is 0 Å². The number of nitrogens with zero attached hydrogens (tertiary/aromatic N) is 6. The molecule has 5 rings (SSSR count). The number of anilines is 1. The second kappa shape index (κ2) is 9.36. The number of piperazine rings is 1. The first-order valence-corrected chi connectivity index (χ1v) is 14.2. The Kier molecular flexibility index (Phi) is 6.37. The van der Waals surface area contributed by atoms with Crippen molar-refractivity contribution in [3.63, 3.8) is 0 Å². The molecular weight excluding hydrogens is 480 g/mol. The molecule has 11 heteroatoms. The second-order valence-electron chi connectivity index (χ2n) is 10.2. The molecule has 0 aliphatic carbocycles. The molecule has 4 aromatic heterocycles. The highest BCUT2D eigenvalue weighted by Crippen LogP contribution is 2.33. The van der Waals surface area contributed by atoms with E-state index in [1.165, 1.54) is 6.26 Å². The molecule has 0 bridgehead atoms. The van der Waals surface area contributed by atoms with Crippen molar-refractivity contribution in [3.8, 4) is 17.3 Å². The predicted molar refractivity (Wildman–Crippen MR) is 139 cm³/mol. The van der Waals surface area contributed by atoms with Crippen LogP contribution in [-0.2, 0) is 9.84 Å². The Morgan fingerprint density at radius 1 is 1.08 bits per heavy atom.